The van der Waals surface area contributed by atoms with E-state index in [9.17, 15) is 0 Å². The molecular weight excluding hydrogens is 258 g/mol. The average Bonchev–Trinajstić information content (AvgIpc) is 2.73. The van der Waals surface area contributed by atoms with Gasteiger partial charge in [-0.2, -0.15) is 0 Å². The predicted octanol–water partition coefficient (Wildman–Crippen LogP) is 3.05. The number of nitrogens with one attached hydrogen (secondary N) is 1. The molecule has 1 aliphatic heterocycles. The van der Waals surface area contributed by atoms with Crippen LogP contribution in [-0.2, 0) is 6.54 Å². The first-order valence-electron chi connectivity index (χ1n) is 8.02. The van der Waals surface area contributed by atoms with Crippen LogP contribution < -0.4 is 5.32 Å². The van der Waals surface area contributed by atoms with Gasteiger partial charge in [0.05, 0.1) is 5.52 Å². The van der Waals surface area contributed by atoms with Gasteiger partial charge in [0.15, 0.2) is 0 Å². The molecule has 0 spiro atoms. The molecule has 2 heterocycles. The van der Waals surface area contributed by atoms with E-state index in [1.807, 2.05) is 12.3 Å². The Morgan fingerprint density at radius 3 is 3.00 bits per heavy atom. The second-order valence-corrected chi connectivity index (χ2v) is 6.39. The van der Waals surface area contributed by atoms with E-state index in [0.717, 1.165) is 25.2 Å². The Kier molecular flexibility index (Phi) is 4.51. The molecule has 1 aromatic heterocycles. The van der Waals surface area contributed by atoms with Crippen molar-refractivity contribution >= 4 is 10.9 Å². The van der Waals surface area contributed by atoms with Crippen molar-refractivity contribution in [2.75, 3.05) is 19.6 Å². The van der Waals surface area contributed by atoms with E-state index in [1.54, 1.807) is 0 Å². The summed E-state index contributed by atoms with van der Waals surface area (Å²) in [5, 5.41) is 4.92. The second kappa shape index (κ2) is 6.54. The van der Waals surface area contributed by atoms with Crippen LogP contribution in [0.3, 0.4) is 0 Å². The molecule has 1 saturated heterocycles. The zero-order valence-electron chi connectivity index (χ0n) is 13.0. The van der Waals surface area contributed by atoms with E-state index in [-0.39, 0.29) is 0 Å². The van der Waals surface area contributed by atoms with Crippen LogP contribution in [0.4, 0.5) is 0 Å². The number of benzene rings is 1. The fraction of sp³-hybridized carbons (Fsp3) is 0.500. The number of para-hydroxylation sites is 1. The van der Waals surface area contributed by atoms with Crippen molar-refractivity contribution in [3.05, 3.63) is 42.1 Å². The lowest BCUT2D eigenvalue weighted by Gasteiger charge is -2.27. The van der Waals surface area contributed by atoms with Gasteiger partial charge in [-0.1, -0.05) is 38.1 Å². The molecule has 2 aromatic rings. The molecule has 1 fully saturated rings. The van der Waals surface area contributed by atoms with Crippen molar-refractivity contribution in [3.63, 3.8) is 0 Å². The Morgan fingerprint density at radius 1 is 1.29 bits per heavy atom. The summed E-state index contributed by atoms with van der Waals surface area (Å²) in [7, 11) is 0. The zero-order valence-corrected chi connectivity index (χ0v) is 13.0. The van der Waals surface area contributed by atoms with Gasteiger partial charge in [0.2, 0.25) is 0 Å². The first kappa shape index (κ1) is 14.5. The molecule has 3 nitrogen and oxygen atoms in total. The van der Waals surface area contributed by atoms with Crippen LogP contribution in [0, 0.1) is 5.92 Å². The van der Waals surface area contributed by atoms with Gasteiger partial charge in [-0.25, -0.2) is 0 Å². The van der Waals surface area contributed by atoms with Gasteiger partial charge < -0.3 is 5.32 Å². The second-order valence-electron chi connectivity index (χ2n) is 6.39. The number of rotatable bonds is 3. The van der Waals surface area contributed by atoms with Crippen molar-refractivity contribution in [3.8, 4) is 0 Å². The Morgan fingerprint density at radius 2 is 2.14 bits per heavy atom. The average molecular weight is 283 g/mol. The van der Waals surface area contributed by atoms with Gasteiger partial charge in [0.1, 0.15) is 0 Å². The Hall–Kier alpha value is -1.45. The van der Waals surface area contributed by atoms with Crippen LogP contribution in [0.1, 0.15) is 25.8 Å². The Balaban J connectivity index is 1.80. The molecule has 0 radical (unpaired) electrons. The lowest BCUT2D eigenvalue weighted by molar-refractivity contribution is 0.239. The number of pyridine rings is 1. The van der Waals surface area contributed by atoms with Crippen molar-refractivity contribution < 1.29 is 0 Å². The lowest BCUT2D eigenvalue weighted by Crippen LogP contribution is -2.41. The summed E-state index contributed by atoms with van der Waals surface area (Å²) in [6, 6.07) is 11.3. The highest BCUT2D eigenvalue weighted by molar-refractivity contribution is 5.81. The van der Waals surface area contributed by atoms with Crippen LogP contribution >= 0.6 is 0 Å². The maximum atomic E-state index is 4.58. The van der Waals surface area contributed by atoms with E-state index in [0.29, 0.717) is 12.0 Å². The SMILES string of the molecule is CC(C)C1CN(Cc2cccc3cccnc23)CCCN1. The summed E-state index contributed by atoms with van der Waals surface area (Å²) in [6.07, 6.45) is 3.12. The van der Waals surface area contributed by atoms with Crippen LogP contribution in [0.5, 0.6) is 0 Å². The van der Waals surface area contributed by atoms with Gasteiger partial charge in [0.25, 0.3) is 0 Å². The van der Waals surface area contributed by atoms with E-state index >= 15 is 0 Å². The van der Waals surface area contributed by atoms with E-state index < -0.39 is 0 Å². The highest BCUT2D eigenvalue weighted by Gasteiger charge is 2.20. The number of hydrogen-bond acceptors (Lipinski definition) is 3. The molecule has 0 saturated carbocycles. The summed E-state index contributed by atoms with van der Waals surface area (Å²) in [4.78, 5) is 7.16. The van der Waals surface area contributed by atoms with Gasteiger partial charge in [-0.05, 0) is 37.1 Å². The minimum atomic E-state index is 0.593. The molecule has 1 aliphatic rings. The molecule has 1 N–H and O–H groups in total. The Labute approximate surface area is 127 Å². The highest BCUT2D eigenvalue weighted by atomic mass is 15.2. The first-order valence-corrected chi connectivity index (χ1v) is 8.02. The molecule has 0 aliphatic carbocycles. The first-order chi connectivity index (χ1) is 10.2. The maximum absolute atomic E-state index is 4.58. The van der Waals surface area contributed by atoms with E-state index in [2.05, 4.69) is 53.3 Å². The van der Waals surface area contributed by atoms with E-state index in [1.165, 1.54) is 23.9 Å². The van der Waals surface area contributed by atoms with Crippen molar-refractivity contribution in [1.29, 1.82) is 0 Å². The standard InChI is InChI=1S/C18H25N3/c1-14(2)17-13-21(11-5-10-19-17)12-16-7-3-6-15-8-4-9-20-18(15)16/h3-4,6-9,14,17,19H,5,10-13H2,1-2H3. The number of fused-ring (bicyclic) bond motifs is 1. The summed E-state index contributed by atoms with van der Waals surface area (Å²) in [5.74, 6) is 0.677. The van der Waals surface area contributed by atoms with Gasteiger partial charge in [-0.15, -0.1) is 0 Å². The zero-order chi connectivity index (χ0) is 14.7. The third-order valence-corrected chi connectivity index (χ3v) is 4.43. The van der Waals surface area contributed by atoms with Gasteiger partial charge >= 0.3 is 0 Å². The normalized spacial score (nSPS) is 20.8. The number of nitrogens with zero attached hydrogens (tertiary/aromatic N) is 2. The molecule has 0 bridgehead atoms. The molecular formula is C18H25N3. The van der Waals surface area contributed by atoms with Gasteiger partial charge in [-0.3, -0.25) is 9.88 Å². The number of aromatic nitrogens is 1. The predicted molar refractivity (Wildman–Crippen MR) is 88.3 cm³/mol. The molecule has 1 atom stereocenters. The maximum Gasteiger partial charge on any atom is 0.0746 e. The van der Waals surface area contributed by atoms with Crippen LogP contribution in [-0.4, -0.2) is 35.6 Å². The minimum Gasteiger partial charge on any atom is -0.312 e. The minimum absolute atomic E-state index is 0.593. The smallest absolute Gasteiger partial charge is 0.0746 e. The highest BCUT2D eigenvalue weighted by Crippen LogP contribution is 2.19. The quantitative estimate of drug-likeness (QED) is 0.938. The van der Waals surface area contributed by atoms with Crippen molar-refractivity contribution in [1.82, 2.24) is 15.2 Å². The van der Waals surface area contributed by atoms with E-state index in [4.69, 9.17) is 0 Å². The molecule has 3 heteroatoms. The van der Waals surface area contributed by atoms with Crippen molar-refractivity contribution in [2.24, 2.45) is 5.92 Å². The molecule has 0 amide bonds. The molecule has 1 unspecified atom stereocenters. The molecule has 112 valence electrons. The summed E-state index contributed by atoms with van der Waals surface area (Å²) in [6.45, 7) is 9.04. The summed E-state index contributed by atoms with van der Waals surface area (Å²) < 4.78 is 0. The van der Waals surface area contributed by atoms with Crippen LogP contribution in [0.15, 0.2) is 36.5 Å². The van der Waals surface area contributed by atoms with Crippen molar-refractivity contribution in [2.45, 2.75) is 32.9 Å². The molecule has 21 heavy (non-hydrogen) atoms. The van der Waals surface area contributed by atoms with Crippen LogP contribution in [0.2, 0.25) is 0 Å². The third-order valence-electron chi connectivity index (χ3n) is 4.43. The fourth-order valence-corrected chi connectivity index (χ4v) is 3.15. The third kappa shape index (κ3) is 3.42. The summed E-state index contributed by atoms with van der Waals surface area (Å²) in [5.41, 5.74) is 2.50. The summed E-state index contributed by atoms with van der Waals surface area (Å²) >= 11 is 0. The Bertz CT molecular complexity index is 589. The monoisotopic (exact) mass is 283 g/mol. The van der Waals surface area contributed by atoms with Crippen LogP contribution in [0.25, 0.3) is 10.9 Å². The largest absolute Gasteiger partial charge is 0.312 e. The fourth-order valence-electron chi connectivity index (χ4n) is 3.15. The molecule has 3 rings (SSSR count). The number of hydrogen-bond donors (Lipinski definition) is 1. The molecule has 1 aromatic carbocycles. The lowest BCUT2D eigenvalue weighted by atomic mass is 10.0. The topological polar surface area (TPSA) is 28.2 Å². The van der Waals surface area contributed by atoms with Gasteiger partial charge in [0, 0.05) is 30.7 Å².